The number of hydrogen-bond acceptors (Lipinski definition) is 1. The van der Waals surface area contributed by atoms with Crippen molar-refractivity contribution in [2.45, 2.75) is 58.9 Å². The summed E-state index contributed by atoms with van der Waals surface area (Å²) in [5.74, 6) is 0.671. The quantitative estimate of drug-likeness (QED) is 0.358. The Labute approximate surface area is 86.5 Å². The highest BCUT2D eigenvalue weighted by Gasteiger charge is 2.40. The topological polar surface area (TPSA) is 48.8 Å². The summed E-state index contributed by atoms with van der Waals surface area (Å²) in [5, 5.41) is 3.99. The second-order valence-corrected chi connectivity index (χ2v) is 5.54. The molecule has 14 heavy (non-hydrogen) atoms. The Balaban J connectivity index is 2.86. The fourth-order valence-corrected chi connectivity index (χ4v) is 3.18. The molecule has 3 nitrogen and oxygen atoms in total. The predicted octanol–water partition coefficient (Wildman–Crippen LogP) is 4.29. The molecule has 0 aromatic carbocycles. The van der Waals surface area contributed by atoms with Gasteiger partial charge in [-0.05, 0) is 36.1 Å². The molecule has 0 aliphatic heterocycles. The third-order valence-electron chi connectivity index (χ3n) is 3.58. The van der Waals surface area contributed by atoms with Gasteiger partial charge in [0.15, 0.2) is 0 Å². The van der Waals surface area contributed by atoms with Crippen molar-refractivity contribution in [3.63, 3.8) is 0 Å². The van der Waals surface area contributed by atoms with Crippen LogP contribution in [0.1, 0.15) is 53.4 Å². The molecule has 0 bridgehead atoms. The fraction of sp³-hybridized carbons (Fsp3) is 1.00. The van der Waals surface area contributed by atoms with Crippen molar-refractivity contribution in [3.05, 3.63) is 10.4 Å². The van der Waals surface area contributed by atoms with Crippen molar-refractivity contribution in [3.8, 4) is 0 Å². The van der Waals surface area contributed by atoms with Gasteiger partial charge in [-0.3, -0.25) is 0 Å². The fourth-order valence-electron chi connectivity index (χ4n) is 3.18. The molecule has 1 fully saturated rings. The summed E-state index contributed by atoms with van der Waals surface area (Å²) < 4.78 is 0. The third kappa shape index (κ3) is 2.42. The zero-order valence-electron chi connectivity index (χ0n) is 9.75. The lowest BCUT2D eigenvalue weighted by molar-refractivity contribution is 0.0984. The van der Waals surface area contributed by atoms with Gasteiger partial charge in [-0.1, -0.05) is 39.2 Å². The summed E-state index contributed by atoms with van der Waals surface area (Å²) in [7, 11) is 0. The predicted molar refractivity (Wildman–Crippen MR) is 59.0 cm³/mol. The smallest absolute Gasteiger partial charge is 0.0467 e. The average molecular weight is 195 g/mol. The number of nitrogens with zero attached hydrogens (tertiary/aromatic N) is 3. The van der Waals surface area contributed by atoms with E-state index < -0.39 is 0 Å². The number of azide groups is 1. The van der Waals surface area contributed by atoms with Gasteiger partial charge < -0.3 is 0 Å². The van der Waals surface area contributed by atoms with E-state index in [2.05, 4.69) is 37.7 Å². The van der Waals surface area contributed by atoms with Crippen molar-refractivity contribution < 1.29 is 0 Å². The molecule has 0 aromatic heterocycles. The van der Waals surface area contributed by atoms with Gasteiger partial charge in [0.2, 0.25) is 0 Å². The lowest BCUT2D eigenvalue weighted by Crippen LogP contribution is -2.39. The summed E-state index contributed by atoms with van der Waals surface area (Å²) in [6.45, 7) is 8.90. The van der Waals surface area contributed by atoms with E-state index in [4.69, 9.17) is 5.53 Å². The lowest BCUT2D eigenvalue weighted by Gasteiger charge is -2.45. The molecule has 1 aliphatic carbocycles. The summed E-state index contributed by atoms with van der Waals surface area (Å²) in [6.07, 6.45) is 4.51. The highest BCUT2D eigenvalue weighted by atomic mass is 15.2. The Kier molecular flexibility index (Phi) is 3.10. The Bertz CT molecular complexity index is 257. The lowest BCUT2D eigenvalue weighted by atomic mass is 9.63. The van der Waals surface area contributed by atoms with Crippen LogP contribution < -0.4 is 0 Å². The third-order valence-corrected chi connectivity index (χ3v) is 3.58. The molecule has 80 valence electrons. The molecule has 1 saturated carbocycles. The van der Waals surface area contributed by atoms with Crippen LogP contribution in [-0.4, -0.2) is 5.54 Å². The van der Waals surface area contributed by atoms with Crippen molar-refractivity contribution in [2.24, 2.45) is 16.4 Å². The van der Waals surface area contributed by atoms with Crippen LogP contribution in [0.4, 0.5) is 0 Å². The van der Waals surface area contributed by atoms with Crippen LogP contribution in [0.25, 0.3) is 10.4 Å². The molecular weight excluding hydrogens is 174 g/mol. The molecule has 3 atom stereocenters. The van der Waals surface area contributed by atoms with E-state index in [0.717, 1.165) is 12.8 Å². The minimum absolute atomic E-state index is 0.156. The van der Waals surface area contributed by atoms with E-state index in [1.54, 1.807) is 0 Å². The summed E-state index contributed by atoms with van der Waals surface area (Å²) in [4.78, 5) is 2.99. The standard InChI is InChI=1S/C11H21N3/c1-5-10(3)6-9(2)7-11(4,8-10)13-14-12/h9H,5-8H2,1-4H3/t9-,10-,11+/m0/s1. The Morgan fingerprint density at radius 3 is 2.57 bits per heavy atom. The summed E-state index contributed by atoms with van der Waals surface area (Å²) >= 11 is 0. The largest absolute Gasteiger partial charge is 0.0875 e. The molecule has 0 radical (unpaired) electrons. The van der Waals surface area contributed by atoms with Crippen molar-refractivity contribution in [1.29, 1.82) is 0 Å². The maximum Gasteiger partial charge on any atom is 0.0467 e. The van der Waals surface area contributed by atoms with Gasteiger partial charge in [0.1, 0.15) is 0 Å². The van der Waals surface area contributed by atoms with Crippen LogP contribution in [0.3, 0.4) is 0 Å². The maximum atomic E-state index is 8.57. The van der Waals surface area contributed by atoms with Gasteiger partial charge in [-0.15, -0.1) is 0 Å². The monoisotopic (exact) mass is 195 g/mol. The van der Waals surface area contributed by atoms with E-state index in [1.165, 1.54) is 12.8 Å². The minimum atomic E-state index is -0.156. The van der Waals surface area contributed by atoms with E-state index in [-0.39, 0.29) is 5.54 Å². The molecule has 3 heteroatoms. The molecule has 0 saturated heterocycles. The van der Waals surface area contributed by atoms with E-state index >= 15 is 0 Å². The second-order valence-electron chi connectivity index (χ2n) is 5.54. The van der Waals surface area contributed by atoms with Crippen LogP contribution in [0.2, 0.25) is 0 Å². The molecular formula is C11H21N3. The minimum Gasteiger partial charge on any atom is -0.0875 e. The Hall–Kier alpha value is -0.690. The van der Waals surface area contributed by atoms with Crippen LogP contribution in [0.5, 0.6) is 0 Å². The molecule has 0 heterocycles. The van der Waals surface area contributed by atoms with Gasteiger partial charge in [0, 0.05) is 10.5 Å². The molecule has 0 unspecified atom stereocenters. The van der Waals surface area contributed by atoms with Crippen LogP contribution in [0.15, 0.2) is 5.11 Å². The van der Waals surface area contributed by atoms with Crippen LogP contribution >= 0.6 is 0 Å². The Morgan fingerprint density at radius 1 is 1.43 bits per heavy atom. The number of rotatable bonds is 2. The first kappa shape index (κ1) is 11.4. The highest BCUT2D eigenvalue weighted by Crippen LogP contribution is 2.47. The molecule has 1 aliphatic rings. The molecule has 0 N–H and O–H groups in total. The first-order chi connectivity index (χ1) is 6.43. The van der Waals surface area contributed by atoms with Crippen LogP contribution in [0, 0.1) is 11.3 Å². The first-order valence-corrected chi connectivity index (χ1v) is 5.49. The Morgan fingerprint density at radius 2 is 2.07 bits per heavy atom. The zero-order chi connectivity index (χ0) is 10.8. The van der Waals surface area contributed by atoms with Gasteiger partial charge in [0.05, 0.1) is 0 Å². The summed E-state index contributed by atoms with van der Waals surface area (Å²) in [5.41, 5.74) is 8.78. The average Bonchev–Trinajstić information content (AvgIpc) is 2.01. The van der Waals surface area contributed by atoms with E-state index in [0.29, 0.717) is 11.3 Å². The van der Waals surface area contributed by atoms with Crippen LogP contribution in [-0.2, 0) is 0 Å². The van der Waals surface area contributed by atoms with Gasteiger partial charge in [-0.2, -0.15) is 0 Å². The molecule has 0 amide bonds. The zero-order valence-corrected chi connectivity index (χ0v) is 9.75. The molecule has 0 aromatic rings. The molecule has 1 rings (SSSR count). The highest BCUT2D eigenvalue weighted by molar-refractivity contribution is 4.97. The van der Waals surface area contributed by atoms with Crippen molar-refractivity contribution in [1.82, 2.24) is 0 Å². The van der Waals surface area contributed by atoms with Crippen molar-refractivity contribution >= 4 is 0 Å². The van der Waals surface area contributed by atoms with E-state index in [1.807, 2.05) is 0 Å². The maximum absolute atomic E-state index is 8.57. The molecule has 0 spiro atoms. The first-order valence-electron chi connectivity index (χ1n) is 5.49. The normalized spacial score (nSPS) is 43.0. The second kappa shape index (κ2) is 3.82. The van der Waals surface area contributed by atoms with Gasteiger partial charge in [0.25, 0.3) is 0 Å². The van der Waals surface area contributed by atoms with Gasteiger partial charge in [-0.25, -0.2) is 0 Å². The van der Waals surface area contributed by atoms with Crippen molar-refractivity contribution in [2.75, 3.05) is 0 Å². The summed E-state index contributed by atoms with van der Waals surface area (Å²) in [6, 6.07) is 0. The number of hydrogen-bond donors (Lipinski definition) is 0. The van der Waals surface area contributed by atoms with Gasteiger partial charge >= 0.3 is 0 Å². The van der Waals surface area contributed by atoms with E-state index in [9.17, 15) is 0 Å². The SMILES string of the molecule is CC[C@@]1(C)C[C@H](C)C[C@@](C)(N=[N+]=[N-])C1.